The smallest absolute Gasteiger partial charge is 0.270 e. The van der Waals surface area contributed by atoms with E-state index in [1.165, 1.54) is 28.6 Å². The van der Waals surface area contributed by atoms with Crippen molar-refractivity contribution in [1.29, 1.82) is 0 Å². The average molecular weight is 481 g/mol. The number of aromatic nitrogens is 1. The third kappa shape index (κ3) is 4.15. The zero-order valence-electron chi connectivity index (χ0n) is 18.4. The maximum absolute atomic E-state index is 13.1. The van der Waals surface area contributed by atoms with Crippen molar-refractivity contribution in [3.63, 3.8) is 0 Å². The van der Waals surface area contributed by atoms with Crippen molar-refractivity contribution in [1.82, 2.24) is 20.1 Å². The van der Waals surface area contributed by atoms with Crippen LogP contribution in [0.4, 0.5) is 0 Å². The molecule has 34 heavy (non-hydrogen) atoms. The molecule has 0 saturated carbocycles. The summed E-state index contributed by atoms with van der Waals surface area (Å²) in [4.78, 5) is 30.6. The van der Waals surface area contributed by atoms with Gasteiger partial charge in [-0.05, 0) is 49.1 Å². The van der Waals surface area contributed by atoms with Crippen LogP contribution in [-0.4, -0.2) is 55.8 Å². The average Bonchev–Trinajstić information content (AvgIpc) is 3.34. The Morgan fingerprint density at radius 3 is 2.53 bits per heavy atom. The molecule has 2 aromatic carbocycles. The van der Waals surface area contributed by atoms with Gasteiger partial charge in [0.05, 0.1) is 29.2 Å². The lowest BCUT2D eigenvalue weighted by atomic mass is 10.0. The highest BCUT2D eigenvalue weighted by Crippen LogP contribution is 2.29. The van der Waals surface area contributed by atoms with Gasteiger partial charge in [-0.15, -0.1) is 0 Å². The number of hydrogen-bond donors (Lipinski definition) is 2. The van der Waals surface area contributed by atoms with E-state index in [0.29, 0.717) is 18.8 Å². The number of carbonyl (C=O) groups is 2. The quantitative estimate of drug-likeness (QED) is 0.550. The van der Waals surface area contributed by atoms with E-state index in [2.05, 4.69) is 15.8 Å². The normalized spacial score (nSPS) is 16.2. The number of ether oxygens (including phenoxy) is 1. The van der Waals surface area contributed by atoms with Crippen LogP contribution in [-0.2, 0) is 27.6 Å². The monoisotopic (exact) mass is 480 g/mol. The maximum atomic E-state index is 13.1. The molecule has 0 spiro atoms. The predicted octanol–water partition coefficient (Wildman–Crippen LogP) is 1.82. The van der Waals surface area contributed by atoms with Crippen LogP contribution in [0.2, 0.25) is 0 Å². The summed E-state index contributed by atoms with van der Waals surface area (Å²) in [7, 11) is -3.74. The number of hydrazine groups is 1. The Morgan fingerprint density at radius 2 is 1.71 bits per heavy atom. The molecule has 0 atom stereocenters. The molecule has 1 saturated heterocycles. The molecule has 0 radical (unpaired) electrons. The summed E-state index contributed by atoms with van der Waals surface area (Å²) < 4.78 is 32.4. The topological polar surface area (TPSA) is 118 Å². The first kappa shape index (κ1) is 22.5. The fraction of sp³-hybridized carbons (Fsp3) is 0.292. The molecule has 2 N–H and O–H groups in total. The number of pyridine rings is 1. The van der Waals surface area contributed by atoms with E-state index < -0.39 is 21.8 Å². The van der Waals surface area contributed by atoms with Gasteiger partial charge in [0, 0.05) is 29.7 Å². The summed E-state index contributed by atoms with van der Waals surface area (Å²) in [6.07, 6.45) is 2.50. The summed E-state index contributed by atoms with van der Waals surface area (Å²) >= 11 is 0. The van der Waals surface area contributed by atoms with E-state index in [0.717, 1.165) is 41.4 Å². The number of fused-ring (bicyclic) bond motifs is 2. The highest BCUT2D eigenvalue weighted by atomic mass is 32.2. The second-order valence-electron chi connectivity index (χ2n) is 8.24. The van der Waals surface area contributed by atoms with Crippen LogP contribution in [0, 0.1) is 0 Å². The molecule has 3 aromatic rings. The lowest BCUT2D eigenvalue weighted by Gasteiger charge is -2.26. The number of nitrogens with zero attached hydrogens (tertiary/aromatic N) is 2. The van der Waals surface area contributed by atoms with Crippen molar-refractivity contribution in [2.45, 2.75) is 24.2 Å². The number of rotatable bonds is 4. The van der Waals surface area contributed by atoms with Gasteiger partial charge in [-0.2, -0.15) is 4.31 Å². The van der Waals surface area contributed by atoms with Crippen molar-refractivity contribution in [2.24, 2.45) is 0 Å². The first-order chi connectivity index (χ1) is 16.4. The summed E-state index contributed by atoms with van der Waals surface area (Å²) in [6, 6.07) is 13.2. The number of benzene rings is 2. The molecule has 1 fully saturated rings. The molecule has 0 unspecified atom stereocenters. The minimum atomic E-state index is -3.74. The van der Waals surface area contributed by atoms with Gasteiger partial charge in [0.25, 0.3) is 11.8 Å². The largest absolute Gasteiger partial charge is 0.379 e. The van der Waals surface area contributed by atoms with Crippen LogP contribution in [0.15, 0.2) is 53.4 Å². The number of sulfonamides is 1. The maximum Gasteiger partial charge on any atom is 0.270 e. The molecule has 9 nitrogen and oxygen atoms in total. The number of para-hydroxylation sites is 1. The molecule has 0 bridgehead atoms. The molecule has 1 aliphatic heterocycles. The van der Waals surface area contributed by atoms with Crippen LogP contribution in [0.25, 0.3) is 10.9 Å². The molecule has 10 heteroatoms. The molecule has 5 rings (SSSR count). The Kier molecular flexibility index (Phi) is 6.03. The van der Waals surface area contributed by atoms with Gasteiger partial charge in [-0.25, -0.2) is 8.42 Å². The van der Waals surface area contributed by atoms with Gasteiger partial charge in [0.1, 0.15) is 0 Å². The van der Waals surface area contributed by atoms with E-state index in [4.69, 9.17) is 4.74 Å². The Hall–Kier alpha value is -3.34. The van der Waals surface area contributed by atoms with E-state index in [9.17, 15) is 18.0 Å². The Balaban J connectivity index is 1.35. The van der Waals surface area contributed by atoms with Crippen LogP contribution in [0.5, 0.6) is 0 Å². The number of hydrogen-bond acceptors (Lipinski definition) is 6. The van der Waals surface area contributed by atoms with E-state index in [1.54, 1.807) is 0 Å². The summed E-state index contributed by atoms with van der Waals surface area (Å²) in [5.41, 5.74) is 8.12. The molecule has 2 heterocycles. The molecule has 2 aliphatic rings. The summed E-state index contributed by atoms with van der Waals surface area (Å²) in [6.45, 7) is 1.19. The molecule has 176 valence electrons. The Labute approximate surface area is 197 Å². The van der Waals surface area contributed by atoms with Gasteiger partial charge in [-0.1, -0.05) is 24.3 Å². The van der Waals surface area contributed by atoms with Crippen LogP contribution >= 0.6 is 0 Å². The third-order valence-electron chi connectivity index (χ3n) is 6.14. The van der Waals surface area contributed by atoms with Gasteiger partial charge in [-0.3, -0.25) is 25.4 Å². The number of aryl methyl sites for hydroxylation is 1. The SMILES string of the molecule is O=C(NNC(=O)c1c2c(nc3ccccc13)CCC2)c1cccc(S(=O)(=O)N2CCOCC2)c1. The minimum Gasteiger partial charge on any atom is -0.379 e. The lowest BCUT2D eigenvalue weighted by Crippen LogP contribution is -2.42. The molecular formula is C24H24N4O5S. The zero-order valence-corrected chi connectivity index (χ0v) is 19.2. The Bertz CT molecular complexity index is 1380. The fourth-order valence-electron chi connectivity index (χ4n) is 4.45. The number of nitrogens with one attached hydrogen (secondary N) is 2. The van der Waals surface area contributed by atoms with Crippen molar-refractivity contribution >= 4 is 32.7 Å². The summed E-state index contributed by atoms with van der Waals surface area (Å²) in [5.74, 6) is -1.04. The van der Waals surface area contributed by atoms with Gasteiger partial charge in [0.15, 0.2) is 0 Å². The van der Waals surface area contributed by atoms with Gasteiger partial charge < -0.3 is 4.74 Å². The first-order valence-corrected chi connectivity index (χ1v) is 12.6. The second kappa shape index (κ2) is 9.13. The second-order valence-corrected chi connectivity index (χ2v) is 10.2. The van der Waals surface area contributed by atoms with Crippen molar-refractivity contribution < 1.29 is 22.7 Å². The van der Waals surface area contributed by atoms with Crippen molar-refractivity contribution in [3.05, 3.63) is 70.9 Å². The highest BCUT2D eigenvalue weighted by molar-refractivity contribution is 7.89. The lowest BCUT2D eigenvalue weighted by molar-refractivity contribution is 0.0730. The fourth-order valence-corrected chi connectivity index (χ4v) is 5.91. The van der Waals surface area contributed by atoms with E-state index >= 15 is 0 Å². The van der Waals surface area contributed by atoms with E-state index in [-0.39, 0.29) is 23.5 Å². The van der Waals surface area contributed by atoms with Crippen LogP contribution in [0.1, 0.15) is 38.4 Å². The number of amides is 2. The number of morpholine rings is 1. The molecule has 1 aromatic heterocycles. The van der Waals surface area contributed by atoms with Crippen molar-refractivity contribution in [3.8, 4) is 0 Å². The van der Waals surface area contributed by atoms with Crippen molar-refractivity contribution in [2.75, 3.05) is 26.3 Å². The molecule has 1 aliphatic carbocycles. The molecule has 2 amide bonds. The molecular weight excluding hydrogens is 456 g/mol. The van der Waals surface area contributed by atoms with Gasteiger partial charge >= 0.3 is 0 Å². The van der Waals surface area contributed by atoms with Gasteiger partial charge in [0.2, 0.25) is 10.0 Å². The van der Waals surface area contributed by atoms with E-state index in [1.807, 2.05) is 24.3 Å². The number of carbonyl (C=O) groups excluding carboxylic acids is 2. The highest BCUT2D eigenvalue weighted by Gasteiger charge is 2.27. The zero-order chi connectivity index (χ0) is 23.7. The predicted molar refractivity (Wildman–Crippen MR) is 125 cm³/mol. The standard InChI is InChI=1S/C24H24N4O5S/c29-23(16-5-3-6-17(15-16)34(31,32)28-11-13-33-14-12-28)26-27-24(30)22-18-7-1-2-9-20(18)25-21-10-4-8-19(21)22/h1-3,5-7,9,15H,4,8,10-14H2,(H,26,29)(H,27,30). The third-order valence-corrected chi connectivity index (χ3v) is 8.03. The Morgan fingerprint density at radius 1 is 0.941 bits per heavy atom. The summed E-state index contributed by atoms with van der Waals surface area (Å²) in [5, 5.41) is 0.730. The van der Waals surface area contributed by atoms with Crippen LogP contribution in [0.3, 0.4) is 0 Å². The minimum absolute atomic E-state index is 0.0197. The first-order valence-electron chi connectivity index (χ1n) is 11.1. The van der Waals surface area contributed by atoms with Crippen LogP contribution < -0.4 is 10.9 Å².